The van der Waals surface area contributed by atoms with Crippen LogP contribution >= 0.6 is 0 Å². The van der Waals surface area contributed by atoms with Crippen molar-refractivity contribution in [1.29, 1.82) is 0 Å². The lowest BCUT2D eigenvalue weighted by molar-refractivity contribution is 0.0947. The Kier molecular flexibility index (Phi) is 5.44. The molecule has 0 atom stereocenters. The van der Waals surface area contributed by atoms with Crippen LogP contribution in [-0.2, 0) is 4.74 Å². The summed E-state index contributed by atoms with van der Waals surface area (Å²) in [6, 6.07) is 0. The van der Waals surface area contributed by atoms with Crippen LogP contribution < -0.4 is 0 Å². The molecule has 106 valence electrons. The van der Waals surface area contributed by atoms with Gasteiger partial charge in [0.05, 0.1) is 6.10 Å². The van der Waals surface area contributed by atoms with Crippen molar-refractivity contribution >= 4 is 28.6 Å². The zero-order valence-corrected chi connectivity index (χ0v) is 15.9. The van der Waals surface area contributed by atoms with Crippen LogP contribution in [0.4, 0.5) is 4.79 Å². The molecule has 0 heterocycles. The second-order valence-corrected chi connectivity index (χ2v) is 31.2. The molecule has 0 amide bonds. The van der Waals surface area contributed by atoms with E-state index in [1.54, 1.807) is 0 Å². The van der Waals surface area contributed by atoms with Gasteiger partial charge in [-0.05, 0) is 25.7 Å². The maximum Gasteiger partial charge on any atom is 0.133 e. The zero-order chi connectivity index (χ0) is 14.0. The van der Waals surface area contributed by atoms with Gasteiger partial charge in [0.2, 0.25) is 0 Å². The first-order valence-corrected chi connectivity index (χ1v) is 17.7. The summed E-state index contributed by atoms with van der Waals surface area (Å²) in [6.07, 6.45) is 6.21. The summed E-state index contributed by atoms with van der Waals surface area (Å²) in [6.45, 7) is 14.1. The Morgan fingerprint density at radius 3 is 1.78 bits per heavy atom. The van der Waals surface area contributed by atoms with E-state index in [1.165, 1.54) is 19.3 Å². The van der Waals surface area contributed by atoms with Crippen LogP contribution in [0.2, 0.25) is 39.3 Å². The molecule has 0 unspecified atom stereocenters. The monoisotopic (exact) mass is 301 g/mol. The summed E-state index contributed by atoms with van der Waals surface area (Å²) < 4.78 is 5.88. The van der Waals surface area contributed by atoms with Gasteiger partial charge in [0.15, 0.2) is 0 Å². The van der Waals surface area contributed by atoms with Gasteiger partial charge in [0.25, 0.3) is 0 Å². The van der Waals surface area contributed by atoms with Gasteiger partial charge < -0.3 is 4.74 Å². The Bertz CT molecular complexity index is 272. The number of ether oxygens (including phenoxy) is 1. The third kappa shape index (κ3) is 4.66. The Hall–Kier alpha value is 0.121. The predicted molar refractivity (Wildman–Crippen MR) is 85.8 cm³/mol. The van der Waals surface area contributed by atoms with Gasteiger partial charge in [-0.2, -0.15) is 7.83 Å². The summed E-state index contributed by atoms with van der Waals surface area (Å²) in [5, 5.41) is 0. The molecule has 0 bridgehead atoms. The molecular weight excluding hydrogens is 272 g/mol. The molecule has 1 aliphatic carbocycles. The molecule has 0 spiro atoms. The van der Waals surface area contributed by atoms with E-state index in [0.29, 0.717) is 0 Å². The Morgan fingerprint density at radius 2 is 1.39 bits per heavy atom. The molecule has 1 fully saturated rings. The van der Waals surface area contributed by atoms with E-state index in [4.69, 9.17) is 4.74 Å². The number of hydrogen-bond donors (Lipinski definition) is 0. The van der Waals surface area contributed by atoms with Crippen LogP contribution in [0.1, 0.15) is 32.1 Å². The van der Waals surface area contributed by atoms with Gasteiger partial charge in [-0.15, -0.1) is 0 Å². The lowest BCUT2D eigenvalue weighted by Gasteiger charge is -2.50. The van der Waals surface area contributed by atoms with Crippen molar-refractivity contribution in [3.05, 3.63) is 0 Å². The topological polar surface area (TPSA) is 26.3 Å². The number of carbonyl (C=O) groups is 1. The van der Waals surface area contributed by atoms with Gasteiger partial charge in [0, 0.05) is 0 Å². The fourth-order valence-electron chi connectivity index (χ4n) is 3.13. The lowest BCUT2D eigenvalue weighted by atomic mass is 9.98. The Balaban J connectivity index is 2.71. The maximum atomic E-state index is 12.6. The molecule has 0 N–H and O–H groups in total. The number of carbonyl (C=O) groups excluding carboxylic acids is 1. The Labute approximate surface area is 116 Å². The molecule has 5 heteroatoms. The molecule has 1 saturated carbocycles. The third-order valence-electron chi connectivity index (χ3n) is 3.53. The van der Waals surface area contributed by atoms with E-state index >= 15 is 0 Å². The first kappa shape index (κ1) is 16.2. The standard InChI is InChI=1S/C13H29O2Si3/c1-17(2,3)16(18(4,5)6)13(14)15-12-10-8-7-9-11-12/h12H,7-11H2,1-6H3/q-1. The molecular formula is C13H29O2Si3-. The predicted octanol–water partition coefficient (Wildman–Crippen LogP) is 4.37. The largest absolute Gasteiger partial charge is 0.492 e. The summed E-state index contributed by atoms with van der Waals surface area (Å²) in [7, 11) is -3.70. The van der Waals surface area contributed by atoms with Gasteiger partial charge >= 0.3 is 0 Å². The Morgan fingerprint density at radius 1 is 0.944 bits per heavy atom. The van der Waals surface area contributed by atoms with E-state index in [9.17, 15) is 4.79 Å². The van der Waals surface area contributed by atoms with E-state index in [1.807, 2.05) is 0 Å². The minimum atomic E-state index is -1.38. The highest BCUT2D eigenvalue weighted by Crippen LogP contribution is 2.24. The molecule has 0 aliphatic heterocycles. The molecule has 1 aliphatic rings. The molecule has 0 aromatic heterocycles. The van der Waals surface area contributed by atoms with Crippen LogP contribution in [0, 0.1) is 0 Å². The highest BCUT2D eigenvalue weighted by atomic mass is 29.6. The van der Waals surface area contributed by atoms with Crippen molar-refractivity contribution in [1.82, 2.24) is 0 Å². The van der Waals surface area contributed by atoms with Gasteiger partial charge in [-0.1, -0.05) is 60.9 Å². The normalized spacial score (nSPS) is 18.6. The molecule has 0 aromatic carbocycles. The van der Waals surface area contributed by atoms with Crippen molar-refractivity contribution in [2.45, 2.75) is 77.5 Å². The third-order valence-corrected chi connectivity index (χ3v) is 30.8. The molecule has 0 saturated heterocycles. The average Bonchev–Trinajstić information content (AvgIpc) is 2.13. The lowest BCUT2D eigenvalue weighted by Crippen LogP contribution is -2.64. The number of hydrogen-bond acceptors (Lipinski definition) is 2. The van der Waals surface area contributed by atoms with Crippen molar-refractivity contribution in [3.8, 4) is 0 Å². The van der Waals surface area contributed by atoms with Crippen LogP contribution in [0.15, 0.2) is 0 Å². The first-order chi connectivity index (χ1) is 8.12. The smallest absolute Gasteiger partial charge is 0.133 e. The molecule has 0 aromatic rings. The van der Waals surface area contributed by atoms with Gasteiger partial charge in [-0.3, -0.25) is 4.79 Å². The van der Waals surface area contributed by atoms with E-state index in [0.717, 1.165) is 12.8 Å². The van der Waals surface area contributed by atoms with E-state index in [2.05, 4.69) is 39.3 Å². The van der Waals surface area contributed by atoms with E-state index in [-0.39, 0.29) is 11.7 Å². The van der Waals surface area contributed by atoms with Crippen LogP contribution in [0.25, 0.3) is 0 Å². The summed E-state index contributed by atoms with van der Waals surface area (Å²) in [5.41, 5.74) is 0.227. The summed E-state index contributed by atoms with van der Waals surface area (Å²) >= 11 is 0. The second-order valence-electron chi connectivity index (χ2n) is 7.54. The highest BCUT2D eigenvalue weighted by molar-refractivity contribution is 7.68. The molecule has 18 heavy (non-hydrogen) atoms. The minimum Gasteiger partial charge on any atom is -0.492 e. The fourth-order valence-corrected chi connectivity index (χ4v) is 37.9. The van der Waals surface area contributed by atoms with Crippen LogP contribution in [0.3, 0.4) is 0 Å². The van der Waals surface area contributed by atoms with Crippen LogP contribution in [0.5, 0.6) is 0 Å². The minimum absolute atomic E-state index is 0.227. The molecule has 2 nitrogen and oxygen atoms in total. The van der Waals surface area contributed by atoms with Crippen molar-refractivity contribution in [3.63, 3.8) is 0 Å². The molecule has 0 radical (unpaired) electrons. The fraction of sp³-hybridized carbons (Fsp3) is 0.923. The zero-order valence-electron chi connectivity index (χ0n) is 12.9. The van der Waals surface area contributed by atoms with Gasteiger partial charge in [-0.25, -0.2) is 0 Å². The summed E-state index contributed by atoms with van der Waals surface area (Å²) in [4.78, 5) is 12.6. The highest BCUT2D eigenvalue weighted by Gasteiger charge is 2.31. The van der Waals surface area contributed by atoms with Crippen molar-refractivity contribution in [2.24, 2.45) is 0 Å². The quantitative estimate of drug-likeness (QED) is 0.721. The second kappa shape index (κ2) is 6.05. The maximum absolute atomic E-state index is 12.6. The SMILES string of the molecule is C[Si](C)(C)[Si-](C(=O)OC1CCCCC1)[Si](C)(C)C. The average molecular weight is 302 g/mol. The van der Waals surface area contributed by atoms with Crippen molar-refractivity contribution in [2.75, 3.05) is 0 Å². The van der Waals surface area contributed by atoms with Crippen LogP contribution in [-0.4, -0.2) is 34.7 Å². The summed E-state index contributed by atoms with van der Waals surface area (Å²) in [5.74, 6) is 0. The first-order valence-electron chi connectivity index (χ1n) is 7.21. The van der Waals surface area contributed by atoms with Crippen molar-refractivity contribution < 1.29 is 9.53 Å². The number of rotatable bonds is 4. The molecule has 1 rings (SSSR count). The van der Waals surface area contributed by atoms with E-state index < -0.39 is 23.0 Å². The van der Waals surface area contributed by atoms with Gasteiger partial charge in [0.1, 0.15) is 5.59 Å².